The van der Waals surface area contributed by atoms with Gasteiger partial charge in [0.2, 0.25) is 0 Å². The van der Waals surface area contributed by atoms with Crippen LogP contribution in [0.25, 0.3) is 0 Å². The summed E-state index contributed by atoms with van der Waals surface area (Å²) in [6, 6.07) is 7.40. The summed E-state index contributed by atoms with van der Waals surface area (Å²) in [5, 5.41) is 5.03. The molecule has 1 aromatic carbocycles. The van der Waals surface area contributed by atoms with E-state index < -0.39 is 11.8 Å². The Bertz CT molecular complexity index is 474. The summed E-state index contributed by atoms with van der Waals surface area (Å²) in [6.07, 6.45) is 0.0409. The van der Waals surface area contributed by atoms with Crippen molar-refractivity contribution in [3.05, 3.63) is 29.8 Å². The van der Waals surface area contributed by atoms with Crippen LogP contribution in [0.3, 0.4) is 0 Å². The Labute approximate surface area is 124 Å². The molecule has 0 saturated heterocycles. The highest BCUT2D eigenvalue weighted by atomic mass is 16.5. The molecule has 0 saturated carbocycles. The summed E-state index contributed by atoms with van der Waals surface area (Å²) in [4.78, 5) is 23.1. The highest BCUT2D eigenvalue weighted by Gasteiger charge is 2.13. The Morgan fingerprint density at radius 2 is 1.81 bits per heavy atom. The summed E-state index contributed by atoms with van der Waals surface area (Å²) in [5.41, 5.74) is 0.823. The fourth-order valence-electron chi connectivity index (χ4n) is 1.62. The number of benzene rings is 1. The predicted molar refractivity (Wildman–Crippen MR) is 78.9 cm³/mol. The molecule has 0 aliphatic carbocycles. The molecule has 0 fully saturated rings. The molecule has 0 unspecified atom stereocenters. The van der Waals surface area contributed by atoms with Crippen LogP contribution in [0.5, 0.6) is 5.75 Å². The van der Waals surface area contributed by atoms with E-state index >= 15 is 0 Å². The van der Waals surface area contributed by atoms with Gasteiger partial charge in [-0.2, -0.15) is 0 Å². The van der Waals surface area contributed by atoms with Crippen LogP contribution >= 0.6 is 0 Å². The lowest BCUT2D eigenvalue weighted by Gasteiger charge is -2.14. The van der Waals surface area contributed by atoms with Gasteiger partial charge in [-0.15, -0.1) is 0 Å². The Hall–Kier alpha value is -2.08. The Kier molecular flexibility index (Phi) is 7.25. The first kappa shape index (κ1) is 17.0. The molecule has 2 N–H and O–H groups in total. The van der Waals surface area contributed by atoms with Crippen molar-refractivity contribution in [2.45, 2.75) is 26.5 Å². The van der Waals surface area contributed by atoms with Gasteiger partial charge in [0.1, 0.15) is 5.75 Å². The fourth-order valence-corrected chi connectivity index (χ4v) is 1.62. The molecular weight excluding hydrogens is 272 g/mol. The molecule has 21 heavy (non-hydrogen) atoms. The number of carbonyl (C=O) groups is 2. The van der Waals surface area contributed by atoms with Crippen LogP contribution in [0.15, 0.2) is 24.3 Å². The van der Waals surface area contributed by atoms with Crippen molar-refractivity contribution in [1.82, 2.24) is 10.6 Å². The molecule has 0 bridgehead atoms. The molecule has 1 aromatic rings. The molecule has 0 radical (unpaired) electrons. The van der Waals surface area contributed by atoms with E-state index in [0.717, 1.165) is 5.56 Å². The van der Waals surface area contributed by atoms with Gasteiger partial charge in [0.25, 0.3) is 0 Å². The molecule has 116 valence electrons. The van der Waals surface area contributed by atoms with Crippen molar-refractivity contribution in [2.24, 2.45) is 0 Å². The molecule has 0 heterocycles. The molecular formula is C15H22N2O4. The number of methoxy groups -OCH3 is 1. The molecule has 0 atom stereocenters. The zero-order valence-electron chi connectivity index (χ0n) is 12.6. The van der Waals surface area contributed by atoms with Gasteiger partial charge in [0.05, 0.1) is 12.7 Å². The molecule has 0 aromatic heterocycles. The number of nitrogens with one attached hydrogen (secondary N) is 2. The largest absolute Gasteiger partial charge is 0.491 e. The lowest BCUT2D eigenvalue weighted by Crippen LogP contribution is -2.40. The maximum absolute atomic E-state index is 11.6. The molecule has 0 spiro atoms. The fraction of sp³-hybridized carbons (Fsp3) is 0.467. The Morgan fingerprint density at radius 1 is 1.14 bits per heavy atom. The average Bonchev–Trinajstić information content (AvgIpc) is 2.45. The second kappa shape index (κ2) is 8.97. The zero-order chi connectivity index (χ0) is 15.7. The molecule has 2 amide bonds. The highest BCUT2D eigenvalue weighted by molar-refractivity contribution is 6.35. The molecule has 6 heteroatoms. The van der Waals surface area contributed by atoms with Crippen LogP contribution in [0.1, 0.15) is 19.4 Å². The minimum atomic E-state index is -0.676. The smallest absolute Gasteiger partial charge is 0.309 e. The zero-order valence-corrected chi connectivity index (χ0v) is 12.6. The van der Waals surface area contributed by atoms with Crippen LogP contribution in [0.2, 0.25) is 0 Å². The average molecular weight is 294 g/mol. The van der Waals surface area contributed by atoms with Crippen LogP contribution in [-0.4, -0.2) is 38.2 Å². The summed E-state index contributed by atoms with van der Waals surface area (Å²) in [5.74, 6) is -0.646. The Morgan fingerprint density at radius 3 is 2.48 bits per heavy atom. The number of rotatable bonds is 7. The van der Waals surface area contributed by atoms with E-state index in [9.17, 15) is 9.59 Å². The topological polar surface area (TPSA) is 76.7 Å². The first-order valence-corrected chi connectivity index (χ1v) is 6.84. The van der Waals surface area contributed by atoms with E-state index in [1.54, 1.807) is 0 Å². The third-order valence-electron chi connectivity index (χ3n) is 2.57. The van der Waals surface area contributed by atoms with Crippen molar-refractivity contribution in [3.8, 4) is 5.75 Å². The van der Waals surface area contributed by atoms with Gasteiger partial charge in [-0.1, -0.05) is 18.2 Å². The standard InChI is InChI=1S/C15H22N2O4/c1-11(2)21-13-7-5-4-6-12(13)10-17-15(19)14(18)16-8-9-20-3/h4-7,11H,8-10H2,1-3H3,(H,16,18)(H,17,19). The second-order valence-electron chi connectivity index (χ2n) is 4.71. The summed E-state index contributed by atoms with van der Waals surface area (Å²) in [7, 11) is 1.53. The van der Waals surface area contributed by atoms with E-state index in [-0.39, 0.29) is 12.6 Å². The van der Waals surface area contributed by atoms with Crippen LogP contribution in [-0.2, 0) is 20.9 Å². The first-order valence-electron chi connectivity index (χ1n) is 6.84. The van der Waals surface area contributed by atoms with Gasteiger partial charge < -0.3 is 20.1 Å². The molecule has 0 aliphatic rings. The van der Waals surface area contributed by atoms with Gasteiger partial charge in [-0.05, 0) is 19.9 Å². The normalized spacial score (nSPS) is 10.3. The van der Waals surface area contributed by atoms with Gasteiger partial charge in [-0.3, -0.25) is 9.59 Å². The van der Waals surface area contributed by atoms with E-state index in [1.807, 2.05) is 38.1 Å². The number of carbonyl (C=O) groups excluding carboxylic acids is 2. The van der Waals surface area contributed by atoms with Crippen molar-refractivity contribution in [1.29, 1.82) is 0 Å². The maximum atomic E-state index is 11.6. The third-order valence-corrected chi connectivity index (χ3v) is 2.57. The summed E-state index contributed by atoms with van der Waals surface area (Å²) in [6.45, 7) is 4.76. The van der Waals surface area contributed by atoms with Crippen molar-refractivity contribution in [3.63, 3.8) is 0 Å². The van der Waals surface area contributed by atoms with E-state index in [2.05, 4.69) is 10.6 Å². The molecule has 1 rings (SSSR count). The first-order chi connectivity index (χ1) is 10.0. The second-order valence-corrected chi connectivity index (χ2v) is 4.71. The minimum Gasteiger partial charge on any atom is -0.491 e. The Balaban J connectivity index is 2.51. The monoisotopic (exact) mass is 294 g/mol. The van der Waals surface area contributed by atoms with Gasteiger partial charge in [0.15, 0.2) is 0 Å². The van der Waals surface area contributed by atoms with Crippen molar-refractivity contribution >= 4 is 11.8 Å². The van der Waals surface area contributed by atoms with Crippen LogP contribution in [0.4, 0.5) is 0 Å². The van der Waals surface area contributed by atoms with Crippen molar-refractivity contribution < 1.29 is 19.1 Å². The van der Waals surface area contributed by atoms with Gasteiger partial charge >= 0.3 is 11.8 Å². The molecule has 6 nitrogen and oxygen atoms in total. The van der Waals surface area contributed by atoms with E-state index in [1.165, 1.54) is 7.11 Å². The number of hydrogen-bond acceptors (Lipinski definition) is 4. The van der Waals surface area contributed by atoms with E-state index in [0.29, 0.717) is 18.9 Å². The number of amides is 2. The lowest BCUT2D eigenvalue weighted by molar-refractivity contribution is -0.139. The van der Waals surface area contributed by atoms with Crippen LogP contribution in [0, 0.1) is 0 Å². The van der Waals surface area contributed by atoms with Gasteiger partial charge in [-0.25, -0.2) is 0 Å². The maximum Gasteiger partial charge on any atom is 0.309 e. The van der Waals surface area contributed by atoms with Gasteiger partial charge in [0, 0.05) is 25.8 Å². The lowest BCUT2D eigenvalue weighted by atomic mass is 10.2. The SMILES string of the molecule is COCCNC(=O)C(=O)NCc1ccccc1OC(C)C. The number of ether oxygens (including phenoxy) is 2. The number of hydrogen-bond donors (Lipinski definition) is 2. The predicted octanol–water partition coefficient (Wildman–Crippen LogP) is 0.853. The third kappa shape index (κ3) is 6.27. The highest BCUT2D eigenvalue weighted by Crippen LogP contribution is 2.18. The quantitative estimate of drug-likeness (QED) is 0.577. The minimum absolute atomic E-state index is 0.0409. The summed E-state index contributed by atoms with van der Waals surface area (Å²) < 4.78 is 10.4. The summed E-state index contributed by atoms with van der Waals surface area (Å²) >= 11 is 0. The number of para-hydroxylation sites is 1. The van der Waals surface area contributed by atoms with Crippen molar-refractivity contribution in [2.75, 3.05) is 20.3 Å². The van der Waals surface area contributed by atoms with E-state index in [4.69, 9.17) is 9.47 Å². The van der Waals surface area contributed by atoms with Crippen LogP contribution < -0.4 is 15.4 Å². The molecule has 0 aliphatic heterocycles.